The molecule has 29 heavy (non-hydrogen) atoms. The molecule has 0 bridgehead atoms. The summed E-state index contributed by atoms with van der Waals surface area (Å²) in [6, 6.07) is 15.8. The molecule has 3 nitrogen and oxygen atoms in total. The molecule has 1 heterocycles. The summed E-state index contributed by atoms with van der Waals surface area (Å²) in [7, 11) is 1.92. The Hall–Kier alpha value is -1.55. The zero-order chi connectivity index (χ0) is 21.0. The molecule has 2 atom stereocenters. The van der Waals surface area contributed by atoms with Crippen LogP contribution in [0.25, 0.3) is 0 Å². The highest BCUT2D eigenvalue weighted by Crippen LogP contribution is 2.31. The molecule has 0 saturated carbocycles. The van der Waals surface area contributed by atoms with E-state index in [9.17, 15) is 4.79 Å². The zero-order valence-corrected chi connectivity index (χ0v) is 18.8. The van der Waals surface area contributed by atoms with Gasteiger partial charge in [0.2, 0.25) is 5.91 Å². The highest BCUT2D eigenvalue weighted by atomic mass is 35.5. The summed E-state index contributed by atoms with van der Waals surface area (Å²) in [5.41, 5.74) is 1.96. The van der Waals surface area contributed by atoms with E-state index in [4.69, 9.17) is 27.9 Å². The van der Waals surface area contributed by atoms with E-state index < -0.39 is 0 Å². The lowest BCUT2D eigenvalue weighted by Gasteiger charge is -2.40. The van der Waals surface area contributed by atoms with E-state index >= 15 is 0 Å². The van der Waals surface area contributed by atoms with E-state index in [-0.39, 0.29) is 23.5 Å². The van der Waals surface area contributed by atoms with E-state index in [2.05, 4.69) is 13.8 Å². The lowest BCUT2D eigenvalue weighted by atomic mass is 9.88. The molecular formula is C24H29Cl2NO2. The summed E-state index contributed by atoms with van der Waals surface area (Å²) in [5.74, 6) is 0.190. The van der Waals surface area contributed by atoms with Crippen molar-refractivity contribution in [2.45, 2.75) is 57.1 Å². The zero-order valence-electron chi connectivity index (χ0n) is 17.3. The van der Waals surface area contributed by atoms with Gasteiger partial charge in [0, 0.05) is 36.2 Å². The van der Waals surface area contributed by atoms with Gasteiger partial charge in [-0.1, -0.05) is 53.5 Å². The number of hydrogen-bond acceptors (Lipinski definition) is 2. The number of benzene rings is 2. The average molecular weight is 434 g/mol. The van der Waals surface area contributed by atoms with Gasteiger partial charge in [0.05, 0.1) is 5.60 Å². The van der Waals surface area contributed by atoms with Crippen LogP contribution in [0.5, 0.6) is 0 Å². The summed E-state index contributed by atoms with van der Waals surface area (Å²) < 4.78 is 5.81. The summed E-state index contributed by atoms with van der Waals surface area (Å²) in [5, 5.41) is 1.43. The van der Waals surface area contributed by atoms with Gasteiger partial charge in [-0.25, -0.2) is 0 Å². The van der Waals surface area contributed by atoms with Crippen LogP contribution in [0.2, 0.25) is 10.0 Å². The number of rotatable bonds is 6. The van der Waals surface area contributed by atoms with Crippen molar-refractivity contribution in [1.29, 1.82) is 0 Å². The molecule has 0 spiro atoms. The molecule has 0 aromatic heterocycles. The highest BCUT2D eigenvalue weighted by molar-refractivity contribution is 6.31. The standard InChI is InChI=1S/C24H29Cl2NO2/c1-24(2)16-21(12-13-29-24)27(3)23(28)15-19(17-8-10-20(25)11-9-17)14-18-6-4-5-7-22(18)26/h4-11,19,21H,12-16H2,1-3H3/t19-,21-/m0/s1. The monoisotopic (exact) mass is 433 g/mol. The molecule has 1 aliphatic rings. The van der Waals surface area contributed by atoms with Crippen molar-refractivity contribution >= 4 is 29.1 Å². The van der Waals surface area contributed by atoms with Crippen LogP contribution in [-0.4, -0.2) is 36.1 Å². The number of amides is 1. The Morgan fingerprint density at radius 1 is 1.17 bits per heavy atom. The number of nitrogens with zero attached hydrogens (tertiary/aromatic N) is 1. The van der Waals surface area contributed by atoms with Gasteiger partial charge < -0.3 is 9.64 Å². The van der Waals surface area contributed by atoms with Crippen LogP contribution in [0, 0.1) is 0 Å². The molecule has 0 unspecified atom stereocenters. The molecule has 0 N–H and O–H groups in total. The van der Waals surface area contributed by atoms with Gasteiger partial charge in [0.25, 0.3) is 0 Å². The van der Waals surface area contributed by atoms with Crippen LogP contribution in [-0.2, 0) is 16.0 Å². The molecule has 5 heteroatoms. The summed E-state index contributed by atoms with van der Waals surface area (Å²) in [6.45, 7) is 4.87. The van der Waals surface area contributed by atoms with Crippen LogP contribution >= 0.6 is 23.2 Å². The van der Waals surface area contributed by atoms with Crippen LogP contribution in [0.3, 0.4) is 0 Å². The fourth-order valence-corrected chi connectivity index (χ4v) is 4.40. The summed E-state index contributed by atoms with van der Waals surface area (Å²) in [6.07, 6.45) is 2.87. The number of ether oxygens (including phenoxy) is 1. The fourth-order valence-electron chi connectivity index (χ4n) is 4.06. The van der Waals surface area contributed by atoms with Gasteiger partial charge in [-0.15, -0.1) is 0 Å². The first-order valence-electron chi connectivity index (χ1n) is 10.1. The topological polar surface area (TPSA) is 29.5 Å². The maximum absolute atomic E-state index is 13.2. The Labute approximate surface area is 184 Å². The second kappa shape index (κ2) is 9.51. The Balaban J connectivity index is 1.77. The second-order valence-corrected chi connectivity index (χ2v) is 9.35. The average Bonchev–Trinajstić information content (AvgIpc) is 2.68. The van der Waals surface area contributed by atoms with Crippen LogP contribution in [0.1, 0.15) is 50.2 Å². The van der Waals surface area contributed by atoms with Gasteiger partial charge in [0.1, 0.15) is 0 Å². The van der Waals surface area contributed by atoms with E-state index in [1.165, 1.54) is 0 Å². The number of carbonyl (C=O) groups excluding carboxylic acids is 1. The summed E-state index contributed by atoms with van der Waals surface area (Å²) >= 11 is 12.5. The van der Waals surface area contributed by atoms with Crippen molar-refractivity contribution in [2.24, 2.45) is 0 Å². The Kier molecular flexibility index (Phi) is 7.26. The van der Waals surface area contributed by atoms with Gasteiger partial charge in [-0.05, 0) is 68.4 Å². The first kappa shape index (κ1) is 22.1. The van der Waals surface area contributed by atoms with Crippen molar-refractivity contribution in [3.8, 4) is 0 Å². The van der Waals surface area contributed by atoms with E-state index in [1.807, 2.05) is 60.5 Å². The maximum atomic E-state index is 13.2. The summed E-state index contributed by atoms with van der Waals surface area (Å²) in [4.78, 5) is 15.1. The lowest BCUT2D eigenvalue weighted by molar-refractivity contribution is -0.138. The molecule has 1 fully saturated rings. The Morgan fingerprint density at radius 2 is 1.86 bits per heavy atom. The van der Waals surface area contributed by atoms with Gasteiger partial charge >= 0.3 is 0 Å². The number of hydrogen-bond donors (Lipinski definition) is 0. The van der Waals surface area contributed by atoms with Crippen molar-refractivity contribution in [3.05, 3.63) is 69.7 Å². The largest absolute Gasteiger partial charge is 0.375 e. The molecule has 3 rings (SSSR count). The van der Waals surface area contributed by atoms with Gasteiger partial charge in [-0.3, -0.25) is 4.79 Å². The third kappa shape index (κ3) is 5.97. The normalized spacial score (nSPS) is 19.6. The first-order valence-corrected chi connectivity index (χ1v) is 10.9. The van der Waals surface area contributed by atoms with Crippen molar-refractivity contribution in [2.75, 3.05) is 13.7 Å². The SMILES string of the molecule is CN(C(=O)C[C@H](Cc1ccccc1Cl)c1ccc(Cl)cc1)[C@H]1CCOC(C)(C)C1. The molecule has 2 aromatic rings. The molecule has 2 aromatic carbocycles. The molecule has 0 aliphatic carbocycles. The third-order valence-corrected chi connectivity index (χ3v) is 6.42. The Bertz CT molecular complexity index is 835. The Morgan fingerprint density at radius 3 is 2.52 bits per heavy atom. The highest BCUT2D eigenvalue weighted by Gasteiger charge is 2.33. The fraction of sp³-hybridized carbons (Fsp3) is 0.458. The predicted molar refractivity (Wildman–Crippen MR) is 120 cm³/mol. The van der Waals surface area contributed by atoms with E-state index in [1.54, 1.807) is 0 Å². The molecule has 0 radical (unpaired) electrons. The second-order valence-electron chi connectivity index (χ2n) is 8.51. The smallest absolute Gasteiger partial charge is 0.223 e. The molecule has 1 aliphatic heterocycles. The first-order chi connectivity index (χ1) is 13.7. The van der Waals surface area contributed by atoms with Crippen molar-refractivity contribution in [3.63, 3.8) is 0 Å². The maximum Gasteiger partial charge on any atom is 0.223 e. The number of halogens is 2. The minimum atomic E-state index is -0.190. The lowest BCUT2D eigenvalue weighted by Crippen LogP contribution is -2.47. The van der Waals surface area contributed by atoms with Crippen molar-refractivity contribution in [1.82, 2.24) is 4.90 Å². The predicted octanol–water partition coefficient (Wildman–Crippen LogP) is 6.13. The number of carbonyl (C=O) groups is 1. The minimum absolute atomic E-state index is 0.0370. The molecule has 156 valence electrons. The molecular weight excluding hydrogens is 405 g/mol. The molecule has 1 amide bonds. The van der Waals surface area contributed by atoms with Crippen molar-refractivity contribution < 1.29 is 9.53 Å². The quantitative estimate of drug-likeness (QED) is 0.548. The molecule has 1 saturated heterocycles. The minimum Gasteiger partial charge on any atom is -0.375 e. The van der Waals surface area contributed by atoms with Crippen LogP contribution in [0.4, 0.5) is 0 Å². The third-order valence-electron chi connectivity index (χ3n) is 5.80. The van der Waals surface area contributed by atoms with E-state index in [0.29, 0.717) is 24.5 Å². The van der Waals surface area contributed by atoms with Crippen LogP contribution in [0.15, 0.2) is 48.5 Å². The van der Waals surface area contributed by atoms with Crippen LogP contribution < -0.4 is 0 Å². The van der Waals surface area contributed by atoms with Gasteiger partial charge in [0.15, 0.2) is 0 Å². The van der Waals surface area contributed by atoms with E-state index in [0.717, 1.165) is 29.0 Å². The van der Waals surface area contributed by atoms with Gasteiger partial charge in [-0.2, -0.15) is 0 Å².